The SMILES string of the molecule is CN(C1COC=N1)[Si](c1ccccc1)(c1ccccc1)c1ccccc1. The van der Waals surface area contributed by atoms with Gasteiger partial charge in [0.25, 0.3) is 0 Å². The Morgan fingerprint density at radius 2 is 1.19 bits per heavy atom. The topological polar surface area (TPSA) is 24.8 Å². The van der Waals surface area contributed by atoms with Gasteiger partial charge in [0.15, 0.2) is 6.40 Å². The number of hydrogen-bond acceptors (Lipinski definition) is 3. The van der Waals surface area contributed by atoms with Gasteiger partial charge in [0.2, 0.25) is 8.24 Å². The lowest BCUT2D eigenvalue weighted by atomic mass is 10.3. The van der Waals surface area contributed by atoms with E-state index in [0.29, 0.717) is 6.61 Å². The number of hydrogen-bond donors (Lipinski definition) is 0. The van der Waals surface area contributed by atoms with Crippen molar-refractivity contribution in [2.75, 3.05) is 13.7 Å². The molecule has 3 aromatic carbocycles. The number of likely N-dealkylation sites (N-methyl/N-ethyl adjacent to an activating group) is 1. The molecule has 1 heterocycles. The molecule has 4 heteroatoms. The quantitative estimate of drug-likeness (QED) is 0.515. The standard InChI is InChI=1S/C22H22N2OSi/c1-24(22-17-25-18-23-22)26(19-11-5-2-6-12-19,20-13-7-3-8-14-20)21-15-9-4-10-16-21/h2-16,18,22H,17H2,1H3. The lowest BCUT2D eigenvalue weighted by molar-refractivity contribution is 0.262. The highest BCUT2D eigenvalue weighted by atomic mass is 28.3. The summed E-state index contributed by atoms with van der Waals surface area (Å²) in [5, 5.41) is 4.05. The molecule has 4 rings (SSSR count). The van der Waals surface area contributed by atoms with Crippen LogP contribution in [-0.4, -0.2) is 39.0 Å². The summed E-state index contributed by atoms with van der Waals surface area (Å²) in [4.78, 5) is 4.59. The molecular formula is C22H22N2OSi. The molecule has 0 bridgehead atoms. The van der Waals surface area contributed by atoms with E-state index in [2.05, 4.69) is 108 Å². The second-order valence-corrected chi connectivity index (χ2v) is 10.3. The van der Waals surface area contributed by atoms with Crippen LogP contribution < -0.4 is 15.6 Å². The summed E-state index contributed by atoms with van der Waals surface area (Å²) in [7, 11) is -0.262. The maximum absolute atomic E-state index is 5.47. The Morgan fingerprint density at radius 1 is 0.769 bits per heavy atom. The van der Waals surface area contributed by atoms with E-state index in [0.717, 1.165) is 0 Å². The van der Waals surface area contributed by atoms with Crippen LogP contribution in [0.3, 0.4) is 0 Å². The molecule has 1 aliphatic heterocycles. The number of aliphatic imine (C=N–C) groups is 1. The number of rotatable bonds is 5. The van der Waals surface area contributed by atoms with E-state index in [1.54, 1.807) is 6.40 Å². The van der Waals surface area contributed by atoms with E-state index in [4.69, 9.17) is 4.74 Å². The molecule has 0 aromatic heterocycles. The van der Waals surface area contributed by atoms with Crippen LogP contribution in [0.25, 0.3) is 0 Å². The largest absolute Gasteiger partial charge is 0.480 e. The molecule has 1 aliphatic rings. The second kappa shape index (κ2) is 7.28. The monoisotopic (exact) mass is 358 g/mol. The molecule has 0 amide bonds. The van der Waals surface area contributed by atoms with E-state index >= 15 is 0 Å². The predicted molar refractivity (Wildman–Crippen MR) is 110 cm³/mol. The van der Waals surface area contributed by atoms with Gasteiger partial charge in [-0.25, -0.2) is 4.99 Å². The van der Waals surface area contributed by atoms with Gasteiger partial charge in [0.1, 0.15) is 12.8 Å². The van der Waals surface area contributed by atoms with Crippen LogP contribution in [0.4, 0.5) is 0 Å². The minimum Gasteiger partial charge on any atom is -0.480 e. The van der Waals surface area contributed by atoms with Crippen molar-refractivity contribution < 1.29 is 4.74 Å². The molecule has 0 saturated heterocycles. The van der Waals surface area contributed by atoms with Crippen LogP contribution in [0.1, 0.15) is 0 Å². The number of nitrogens with zero attached hydrogens (tertiary/aromatic N) is 2. The zero-order chi connectivity index (χ0) is 17.8. The lowest BCUT2D eigenvalue weighted by Crippen LogP contribution is -2.78. The fraction of sp³-hybridized carbons (Fsp3) is 0.136. The summed E-state index contributed by atoms with van der Waals surface area (Å²) in [5.41, 5.74) is 0. The Labute approximate surface area is 155 Å². The van der Waals surface area contributed by atoms with Gasteiger partial charge < -0.3 is 4.74 Å². The van der Waals surface area contributed by atoms with Crippen LogP contribution >= 0.6 is 0 Å². The summed E-state index contributed by atoms with van der Waals surface area (Å²) < 4.78 is 7.92. The van der Waals surface area contributed by atoms with E-state index in [1.807, 2.05) is 0 Å². The van der Waals surface area contributed by atoms with Gasteiger partial charge in [0, 0.05) is 0 Å². The highest BCUT2D eigenvalue weighted by molar-refractivity contribution is 7.09. The molecule has 0 spiro atoms. The molecule has 3 aromatic rings. The molecule has 0 saturated carbocycles. The lowest BCUT2D eigenvalue weighted by Gasteiger charge is -2.42. The zero-order valence-electron chi connectivity index (χ0n) is 14.8. The van der Waals surface area contributed by atoms with Crippen LogP contribution in [0, 0.1) is 0 Å². The Kier molecular flexibility index (Phi) is 4.69. The molecular weight excluding hydrogens is 336 g/mol. The van der Waals surface area contributed by atoms with Crippen molar-refractivity contribution in [2.45, 2.75) is 6.17 Å². The first-order valence-electron chi connectivity index (χ1n) is 8.86. The Hall–Kier alpha value is -2.69. The fourth-order valence-corrected chi connectivity index (χ4v) is 8.70. The van der Waals surface area contributed by atoms with Gasteiger partial charge in [-0.15, -0.1) is 0 Å². The smallest absolute Gasteiger partial charge is 0.226 e. The first kappa shape index (κ1) is 16.8. The molecule has 0 radical (unpaired) electrons. The number of ether oxygens (including phenoxy) is 1. The fourth-order valence-electron chi connectivity index (χ4n) is 3.87. The van der Waals surface area contributed by atoms with Gasteiger partial charge in [-0.3, -0.25) is 4.57 Å². The second-order valence-electron chi connectivity index (χ2n) is 6.49. The van der Waals surface area contributed by atoms with E-state index in [1.165, 1.54) is 15.6 Å². The first-order valence-corrected chi connectivity index (χ1v) is 10.8. The van der Waals surface area contributed by atoms with Crippen LogP contribution in [0.15, 0.2) is 96.0 Å². The highest BCUT2D eigenvalue weighted by Gasteiger charge is 2.46. The van der Waals surface area contributed by atoms with E-state index in [-0.39, 0.29) is 6.17 Å². The summed E-state index contributed by atoms with van der Waals surface area (Å²) in [5.74, 6) is 0. The molecule has 0 fully saturated rings. The van der Waals surface area contributed by atoms with Gasteiger partial charge in [0.05, 0.1) is 0 Å². The van der Waals surface area contributed by atoms with Crippen molar-refractivity contribution in [1.82, 2.24) is 4.57 Å². The van der Waals surface area contributed by atoms with Gasteiger partial charge in [-0.1, -0.05) is 91.0 Å². The summed E-state index contributed by atoms with van der Waals surface area (Å²) in [6.07, 6.45) is 1.60. The average Bonchev–Trinajstić information content (AvgIpc) is 3.26. The maximum Gasteiger partial charge on any atom is 0.226 e. The Balaban J connectivity index is 2.01. The molecule has 0 N–H and O–H groups in total. The van der Waals surface area contributed by atoms with Gasteiger partial charge >= 0.3 is 0 Å². The Bertz CT molecular complexity index is 772. The molecule has 3 nitrogen and oxygen atoms in total. The van der Waals surface area contributed by atoms with Crippen molar-refractivity contribution in [2.24, 2.45) is 4.99 Å². The molecule has 130 valence electrons. The summed E-state index contributed by atoms with van der Waals surface area (Å²) in [6.45, 7) is 0.595. The van der Waals surface area contributed by atoms with Gasteiger partial charge in [-0.2, -0.15) is 0 Å². The van der Waals surface area contributed by atoms with E-state index in [9.17, 15) is 0 Å². The zero-order valence-corrected chi connectivity index (χ0v) is 15.8. The summed E-state index contributed by atoms with van der Waals surface area (Å²) >= 11 is 0. The van der Waals surface area contributed by atoms with Crippen molar-refractivity contribution in [3.05, 3.63) is 91.0 Å². The average molecular weight is 359 g/mol. The minimum atomic E-state index is -2.45. The third kappa shape index (κ3) is 2.77. The van der Waals surface area contributed by atoms with Crippen LogP contribution in [0.2, 0.25) is 0 Å². The van der Waals surface area contributed by atoms with Crippen molar-refractivity contribution >= 4 is 30.2 Å². The molecule has 1 atom stereocenters. The van der Waals surface area contributed by atoms with Crippen LogP contribution in [-0.2, 0) is 4.74 Å². The highest BCUT2D eigenvalue weighted by Crippen LogP contribution is 2.17. The number of benzene rings is 3. The molecule has 26 heavy (non-hydrogen) atoms. The normalized spacial score (nSPS) is 16.6. The van der Waals surface area contributed by atoms with Gasteiger partial charge in [-0.05, 0) is 22.6 Å². The predicted octanol–water partition coefficient (Wildman–Crippen LogP) is 1.97. The molecule has 0 aliphatic carbocycles. The van der Waals surface area contributed by atoms with Crippen molar-refractivity contribution in [1.29, 1.82) is 0 Å². The third-order valence-corrected chi connectivity index (χ3v) is 9.97. The van der Waals surface area contributed by atoms with Crippen LogP contribution in [0.5, 0.6) is 0 Å². The van der Waals surface area contributed by atoms with E-state index < -0.39 is 8.24 Å². The first-order chi connectivity index (χ1) is 12.8. The van der Waals surface area contributed by atoms with Crippen molar-refractivity contribution in [3.8, 4) is 0 Å². The minimum absolute atomic E-state index is 0.0160. The van der Waals surface area contributed by atoms with Crippen molar-refractivity contribution in [3.63, 3.8) is 0 Å². The third-order valence-electron chi connectivity index (χ3n) is 5.10. The summed E-state index contributed by atoms with van der Waals surface area (Å²) in [6, 6.07) is 32.5. The Morgan fingerprint density at radius 3 is 1.54 bits per heavy atom. The maximum atomic E-state index is 5.47. The molecule has 1 unspecified atom stereocenters.